The second-order valence-corrected chi connectivity index (χ2v) is 6.30. The molecule has 0 spiro atoms. The van der Waals surface area contributed by atoms with Crippen molar-refractivity contribution >= 4 is 9.84 Å². The van der Waals surface area contributed by atoms with Crippen LogP contribution in [0.4, 0.5) is 0 Å². The van der Waals surface area contributed by atoms with E-state index in [1.807, 2.05) is 31.2 Å². The maximum Gasteiger partial charge on any atom is 0.178 e. The summed E-state index contributed by atoms with van der Waals surface area (Å²) >= 11 is 0. The zero-order valence-electron chi connectivity index (χ0n) is 10.6. The van der Waals surface area contributed by atoms with Crippen LogP contribution in [-0.4, -0.2) is 19.7 Å². The highest BCUT2D eigenvalue weighted by molar-refractivity contribution is 7.90. The van der Waals surface area contributed by atoms with Gasteiger partial charge in [-0.2, -0.15) is 5.26 Å². The number of sulfone groups is 1. The second kappa shape index (κ2) is 4.82. The molecule has 0 radical (unpaired) electrons. The number of nitrogens with zero attached hydrogens (tertiary/aromatic N) is 2. The fraction of sp³-hybridized carbons (Fsp3) is 0.143. The molecular formula is C14H12N2O2S. The van der Waals surface area contributed by atoms with E-state index in [0.717, 1.165) is 17.4 Å². The van der Waals surface area contributed by atoms with E-state index in [-0.39, 0.29) is 10.6 Å². The van der Waals surface area contributed by atoms with Gasteiger partial charge < -0.3 is 0 Å². The monoisotopic (exact) mass is 272 g/mol. The van der Waals surface area contributed by atoms with E-state index >= 15 is 0 Å². The van der Waals surface area contributed by atoms with Crippen molar-refractivity contribution in [3.05, 3.63) is 47.8 Å². The molecular weight excluding hydrogens is 260 g/mol. The third kappa shape index (κ3) is 2.80. The maximum absolute atomic E-state index is 11.7. The summed E-state index contributed by atoms with van der Waals surface area (Å²) in [4.78, 5) is 3.89. The van der Waals surface area contributed by atoms with Crippen LogP contribution in [0.3, 0.4) is 0 Å². The molecule has 19 heavy (non-hydrogen) atoms. The van der Waals surface area contributed by atoms with E-state index in [4.69, 9.17) is 5.26 Å². The van der Waals surface area contributed by atoms with Gasteiger partial charge in [-0.3, -0.25) is 0 Å². The molecule has 0 amide bonds. The maximum atomic E-state index is 11.7. The molecule has 0 bridgehead atoms. The number of rotatable bonds is 2. The van der Waals surface area contributed by atoms with Gasteiger partial charge >= 0.3 is 0 Å². The zero-order valence-corrected chi connectivity index (χ0v) is 11.4. The first kappa shape index (κ1) is 13.2. The summed E-state index contributed by atoms with van der Waals surface area (Å²) in [7, 11) is -3.47. The summed E-state index contributed by atoms with van der Waals surface area (Å²) < 4.78 is 23.3. The summed E-state index contributed by atoms with van der Waals surface area (Å²) in [6, 6.07) is 11.0. The zero-order chi connectivity index (χ0) is 14.0. The lowest BCUT2D eigenvalue weighted by Gasteiger charge is -2.06. The Morgan fingerprint density at radius 1 is 1.16 bits per heavy atom. The Hall–Kier alpha value is -2.19. The van der Waals surface area contributed by atoms with Crippen molar-refractivity contribution in [2.45, 2.75) is 11.8 Å². The van der Waals surface area contributed by atoms with Crippen molar-refractivity contribution in [1.82, 2.24) is 4.98 Å². The smallest absolute Gasteiger partial charge is 0.178 e. The van der Waals surface area contributed by atoms with E-state index in [1.54, 1.807) is 6.07 Å². The van der Waals surface area contributed by atoms with Crippen molar-refractivity contribution < 1.29 is 8.42 Å². The normalized spacial score (nSPS) is 11.0. The standard InChI is InChI=1S/C14H12N2O2S/c1-10-3-5-11(6-4-10)12-7-14(19(2,17)18)13(8-15)16-9-12/h3-7,9H,1-2H3. The topological polar surface area (TPSA) is 70.8 Å². The van der Waals surface area contributed by atoms with Crippen molar-refractivity contribution in [2.24, 2.45) is 0 Å². The fourth-order valence-corrected chi connectivity index (χ4v) is 2.51. The van der Waals surface area contributed by atoms with Crippen LogP contribution >= 0.6 is 0 Å². The highest BCUT2D eigenvalue weighted by Gasteiger charge is 2.15. The first-order chi connectivity index (χ1) is 8.91. The Balaban J connectivity index is 2.62. The molecule has 0 unspecified atom stereocenters. The molecule has 0 saturated heterocycles. The Labute approximate surface area is 112 Å². The predicted octanol–water partition coefficient (Wildman–Crippen LogP) is 2.33. The van der Waals surface area contributed by atoms with Crippen LogP contribution in [0.5, 0.6) is 0 Å². The van der Waals surface area contributed by atoms with Crippen LogP contribution in [0.1, 0.15) is 11.3 Å². The van der Waals surface area contributed by atoms with Crippen molar-refractivity contribution in [3.8, 4) is 17.2 Å². The molecule has 0 aliphatic heterocycles. The Kier molecular flexibility index (Phi) is 3.36. The van der Waals surface area contributed by atoms with Gasteiger partial charge in [0.1, 0.15) is 11.0 Å². The van der Waals surface area contributed by atoms with Gasteiger partial charge in [0.15, 0.2) is 15.5 Å². The van der Waals surface area contributed by atoms with Crippen LogP contribution in [0.15, 0.2) is 41.4 Å². The molecule has 0 aliphatic rings. The van der Waals surface area contributed by atoms with Crippen LogP contribution in [-0.2, 0) is 9.84 Å². The fourth-order valence-electron chi connectivity index (χ4n) is 1.72. The number of hydrogen-bond acceptors (Lipinski definition) is 4. The summed E-state index contributed by atoms with van der Waals surface area (Å²) in [6.45, 7) is 1.97. The summed E-state index contributed by atoms with van der Waals surface area (Å²) in [5, 5.41) is 8.90. The molecule has 0 aliphatic carbocycles. The Morgan fingerprint density at radius 3 is 2.32 bits per heavy atom. The molecule has 5 heteroatoms. The van der Waals surface area contributed by atoms with Crippen LogP contribution < -0.4 is 0 Å². The van der Waals surface area contributed by atoms with Crippen molar-refractivity contribution in [2.75, 3.05) is 6.26 Å². The number of benzene rings is 1. The summed E-state index contributed by atoms with van der Waals surface area (Å²) in [5.41, 5.74) is 2.60. The largest absolute Gasteiger partial charge is 0.244 e. The lowest BCUT2D eigenvalue weighted by molar-refractivity contribution is 0.601. The highest BCUT2D eigenvalue weighted by Crippen LogP contribution is 2.23. The summed E-state index contributed by atoms with van der Waals surface area (Å²) in [6.07, 6.45) is 2.58. The Bertz CT molecular complexity index is 757. The molecule has 2 rings (SSSR count). The van der Waals surface area contributed by atoms with Crippen LogP contribution in [0.2, 0.25) is 0 Å². The molecule has 4 nitrogen and oxygen atoms in total. The number of hydrogen-bond donors (Lipinski definition) is 0. The van der Waals surface area contributed by atoms with Gasteiger partial charge in [-0.1, -0.05) is 29.8 Å². The third-order valence-corrected chi connectivity index (χ3v) is 3.85. The first-order valence-electron chi connectivity index (χ1n) is 5.59. The first-order valence-corrected chi connectivity index (χ1v) is 7.48. The lowest BCUT2D eigenvalue weighted by Crippen LogP contribution is -2.02. The van der Waals surface area contributed by atoms with Gasteiger partial charge in [0.05, 0.1) is 0 Å². The molecule has 0 saturated carbocycles. The van der Waals surface area contributed by atoms with Gasteiger partial charge in [-0.05, 0) is 18.6 Å². The van der Waals surface area contributed by atoms with Crippen molar-refractivity contribution in [3.63, 3.8) is 0 Å². The van der Waals surface area contributed by atoms with E-state index in [1.165, 1.54) is 12.3 Å². The van der Waals surface area contributed by atoms with Gasteiger partial charge in [-0.25, -0.2) is 13.4 Å². The molecule has 2 aromatic rings. The van der Waals surface area contributed by atoms with Gasteiger partial charge in [0, 0.05) is 18.0 Å². The van der Waals surface area contributed by atoms with Crippen LogP contribution in [0, 0.1) is 18.3 Å². The minimum atomic E-state index is -3.47. The Morgan fingerprint density at radius 2 is 1.79 bits per heavy atom. The molecule has 0 N–H and O–H groups in total. The average Bonchev–Trinajstić information content (AvgIpc) is 2.38. The molecule has 0 fully saturated rings. The van der Waals surface area contributed by atoms with Crippen LogP contribution in [0.25, 0.3) is 11.1 Å². The van der Waals surface area contributed by atoms with E-state index in [0.29, 0.717) is 5.56 Å². The predicted molar refractivity (Wildman–Crippen MR) is 72.2 cm³/mol. The van der Waals surface area contributed by atoms with E-state index in [2.05, 4.69) is 4.98 Å². The minimum absolute atomic E-state index is 0.0342. The highest BCUT2D eigenvalue weighted by atomic mass is 32.2. The number of aromatic nitrogens is 1. The second-order valence-electron chi connectivity index (χ2n) is 4.32. The van der Waals surface area contributed by atoms with Gasteiger partial charge in [-0.15, -0.1) is 0 Å². The van der Waals surface area contributed by atoms with Crippen molar-refractivity contribution in [1.29, 1.82) is 5.26 Å². The van der Waals surface area contributed by atoms with E-state index in [9.17, 15) is 8.42 Å². The van der Waals surface area contributed by atoms with Gasteiger partial charge in [0.2, 0.25) is 0 Å². The van der Waals surface area contributed by atoms with Gasteiger partial charge in [0.25, 0.3) is 0 Å². The number of pyridine rings is 1. The SMILES string of the molecule is Cc1ccc(-c2cnc(C#N)c(S(C)(=O)=O)c2)cc1. The average molecular weight is 272 g/mol. The molecule has 96 valence electrons. The molecule has 1 heterocycles. The quantitative estimate of drug-likeness (QED) is 0.841. The summed E-state index contributed by atoms with van der Waals surface area (Å²) in [5.74, 6) is 0. The number of aryl methyl sites for hydroxylation is 1. The molecule has 1 aromatic heterocycles. The molecule has 1 aromatic carbocycles. The third-order valence-electron chi connectivity index (χ3n) is 2.74. The van der Waals surface area contributed by atoms with E-state index < -0.39 is 9.84 Å². The minimum Gasteiger partial charge on any atom is -0.244 e. The number of nitriles is 1. The molecule has 0 atom stereocenters. The lowest BCUT2D eigenvalue weighted by atomic mass is 10.1.